The lowest BCUT2D eigenvalue weighted by atomic mass is 9.79. The fourth-order valence-corrected chi connectivity index (χ4v) is 3.31. The number of esters is 2. The van der Waals surface area contributed by atoms with Gasteiger partial charge in [-0.25, -0.2) is 9.59 Å². The van der Waals surface area contributed by atoms with E-state index in [0.717, 1.165) is 0 Å². The summed E-state index contributed by atoms with van der Waals surface area (Å²) in [4.78, 5) is 36.8. The first-order chi connectivity index (χ1) is 13.7. The first kappa shape index (κ1) is 22.4. The summed E-state index contributed by atoms with van der Waals surface area (Å²) in [6, 6.07) is 5.98. The van der Waals surface area contributed by atoms with Gasteiger partial charge in [-0.3, -0.25) is 10.1 Å². The lowest BCUT2D eigenvalue weighted by Gasteiger charge is -2.30. The lowest BCUT2D eigenvalue weighted by molar-refractivity contribution is -0.385. The first-order valence-corrected chi connectivity index (χ1v) is 9.58. The lowest BCUT2D eigenvalue weighted by Crippen LogP contribution is -2.33. The van der Waals surface area contributed by atoms with Crippen molar-refractivity contribution in [1.82, 2.24) is 5.32 Å². The third kappa shape index (κ3) is 4.95. The van der Waals surface area contributed by atoms with Crippen LogP contribution in [0.3, 0.4) is 0 Å². The largest absolute Gasteiger partial charge is 0.461 e. The standard InChI is InChI=1S/C20H23ClN2O6/c1-11(2)29-20(25)17-13(4)22-12(3)16(19(24)28-10-9-21)18(17)14-7-5-6-8-15(14)23(26)27/h5-8,11,18,22H,9-10H2,1-4H3. The molecule has 0 bridgehead atoms. The molecule has 0 spiro atoms. The second-order valence-corrected chi connectivity index (χ2v) is 7.11. The van der Waals surface area contributed by atoms with E-state index in [9.17, 15) is 19.7 Å². The highest BCUT2D eigenvalue weighted by atomic mass is 35.5. The Bertz CT molecular complexity index is 891. The predicted molar refractivity (Wildman–Crippen MR) is 107 cm³/mol. The Hall–Kier alpha value is -2.87. The number of nitrogens with one attached hydrogen (secondary N) is 1. The summed E-state index contributed by atoms with van der Waals surface area (Å²) in [5, 5.41) is 14.6. The number of rotatable bonds is 7. The summed E-state index contributed by atoms with van der Waals surface area (Å²) in [7, 11) is 0. The van der Waals surface area contributed by atoms with Crippen molar-refractivity contribution in [1.29, 1.82) is 0 Å². The second kappa shape index (κ2) is 9.56. The van der Waals surface area contributed by atoms with Crippen LogP contribution in [0.25, 0.3) is 0 Å². The summed E-state index contributed by atoms with van der Waals surface area (Å²) in [5.74, 6) is -2.30. The van der Waals surface area contributed by atoms with Crippen molar-refractivity contribution < 1.29 is 24.0 Å². The van der Waals surface area contributed by atoms with E-state index in [1.54, 1.807) is 33.8 Å². The number of hydrogen-bond donors (Lipinski definition) is 1. The number of carbonyl (C=O) groups is 2. The van der Waals surface area contributed by atoms with Gasteiger partial charge < -0.3 is 14.8 Å². The molecule has 2 rings (SSSR count). The summed E-state index contributed by atoms with van der Waals surface area (Å²) in [5.41, 5.74) is 1.10. The smallest absolute Gasteiger partial charge is 0.337 e. The topological polar surface area (TPSA) is 108 Å². The van der Waals surface area contributed by atoms with Crippen LogP contribution in [-0.2, 0) is 19.1 Å². The number of halogens is 1. The van der Waals surface area contributed by atoms with E-state index in [1.165, 1.54) is 18.2 Å². The molecule has 0 saturated heterocycles. The van der Waals surface area contributed by atoms with Crippen LogP contribution < -0.4 is 5.32 Å². The molecule has 1 atom stereocenters. The van der Waals surface area contributed by atoms with Gasteiger partial charge in [0.2, 0.25) is 0 Å². The monoisotopic (exact) mass is 422 g/mol. The van der Waals surface area contributed by atoms with E-state index < -0.39 is 28.9 Å². The number of alkyl halides is 1. The maximum Gasteiger partial charge on any atom is 0.337 e. The molecule has 1 N–H and O–H groups in total. The molecule has 0 radical (unpaired) electrons. The Morgan fingerprint density at radius 2 is 1.76 bits per heavy atom. The van der Waals surface area contributed by atoms with Crippen molar-refractivity contribution >= 4 is 29.2 Å². The minimum atomic E-state index is -1.02. The van der Waals surface area contributed by atoms with Crippen molar-refractivity contribution in [3.8, 4) is 0 Å². The van der Waals surface area contributed by atoms with Gasteiger partial charge in [-0.05, 0) is 27.7 Å². The number of benzene rings is 1. The normalized spacial score (nSPS) is 16.6. The van der Waals surface area contributed by atoms with Crippen molar-refractivity contribution in [2.75, 3.05) is 12.5 Å². The number of nitrogens with zero attached hydrogens (tertiary/aromatic N) is 1. The Kier molecular flexibility index (Phi) is 7.39. The zero-order valence-corrected chi connectivity index (χ0v) is 17.4. The SMILES string of the molecule is CC1=C(C(=O)OCCCl)C(c2ccccc2[N+](=O)[O-])C(C(=O)OC(C)C)=C(C)N1. The number of allylic oxidation sites excluding steroid dienone is 2. The fourth-order valence-electron chi connectivity index (χ4n) is 3.23. The molecule has 1 aliphatic heterocycles. The summed E-state index contributed by atoms with van der Waals surface area (Å²) >= 11 is 5.62. The Morgan fingerprint density at radius 1 is 1.17 bits per heavy atom. The predicted octanol–water partition coefficient (Wildman–Crippen LogP) is 3.56. The zero-order chi connectivity index (χ0) is 21.7. The molecular weight excluding hydrogens is 400 g/mol. The summed E-state index contributed by atoms with van der Waals surface area (Å²) < 4.78 is 10.5. The number of dihydropyridines is 1. The van der Waals surface area contributed by atoms with Gasteiger partial charge in [-0.15, -0.1) is 11.6 Å². The highest BCUT2D eigenvalue weighted by molar-refractivity contribution is 6.18. The minimum absolute atomic E-state index is 0.0325. The fraction of sp³-hybridized carbons (Fsp3) is 0.400. The van der Waals surface area contributed by atoms with Crippen molar-refractivity contribution in [2.24, 2.45) is 0 Å². The first-order valence-electron chi connectivity index (χ1n) is 9.04. The van der Waals surface area contributed by atoms with E-state index in [2.05, 4.69) is 5.32 Å². The number of ether oxygens (including phenoxy) is 2. The molecule has 0 fully saturated rings. The van der Waals surface area contributed by atoms with Crippen LogP contribution in [0.4, 0.5) is 5.69 Å². The third-order valence-corrected chi connectivity index (χ3v) is 4.45. The quantitative estimate of drug-likeness (QED) is 0.309. The molecule has 1 aromatic carbocycles. The Labute approximate surface area is 173 Å². The van der Waals surface area contributed by atoms with Crippen LogP contribution in [-0.4, -0.2) is 35.5 Å². The highest BCUT2D eigenvalue weighted by Gasteiger charge is 2.41. The summed E-state index contributed by atoms with van der Waals surface area (Å²) in [6.45, 7) is 6.66. The van der Waals surface area contributed by atoms with Gasteiger partial charge >= 0.3 is 11.9 Å². The van der Waals surface area contributed by atoms with Gasteiger partial charge in [0.05, 0.1) is 34.0 Å². The van der Waals surface area contributed by atoms with Gasteiger partial charge in [-0.2, -0.15) is 0 Å². The van der Waals surface area contributed by atoms with E-state index in [4.69, 9.17) is 21.1 Å². The molecule has 1 heterocycles. The van der Waals surface area contributed by atoms with Crippen LogP contribution >= 0.6 is 11.6 Å². The van der Waals surface area contributed by atoms with Gasteiger partial charge in [0.1, 0.15) is 6.61 Å². The number of para-hydroxylation sites is 1. The van der Waals surface area contributed by atoms with E-state index in [-0.39, 0.29) is 34.9 Å². The van der Waals surface area contributed by atoms with Gasteiger partial charge in [0, 0.05) is 23.0 Å². The van der Waals surface area contributed by atoms with Crippen LogP contribution in [0.2, 0.25) is 0 Å². The highest BCUT2D eigenvalue weighted by Crippen LogP contribution is 2.42. The number of hydrogen-bond acceptors (Lipinski definition) is 7. The average Bonchev–Trinajstić information content (AvgIpc) is 2.64. The van der Waals surface area contributed by atoms with Gasteiger partial charge in [0.15, 0.2) is 0 Å². The molecule has 29 heavy (non-hydrogen) atoms. The Morgan fingerprint density at radius 3 is 2.31 bits per heavy atom. The Balaban J connectivity index is 2.71. The zero-order valence-electron chi connectivity index (χ0n) is 16.7. The molecule has 1 aromatic rings. The number of nitro groups is 1. The maximum absolute atomic E-state index is 12.9. The van der Waals surface area contributed by atoms with Crippen LogP contribution in [0.15, 0.2) is 46.8 Å². The van der Waals surface area contributed by atoms with Crippen molar-refractivity contribution in [3.63, 3.8) is 0 Å². The molecule has 0 saturated carbocycles. The van der Waals surface area contributed by atoms with Crippen LogP contribution in [0, 0.1) is 10.1 Å². The average molecular weight is 423 g/mol. The van der Waals surface area contributed by atoms with E-state index in [0.29, 0.717) is 11.4 Å². The third-order valence-electron chi connectivity index (χ3n) is 4.30. The number of nitro benzene ring substituents is 1. The molecule has 0 aliphatic carbocycles. The van der Waals surface area contributed by atoms with Crippen LogP contribution in [0.5, 0.6) is 0 Å². The second-order valence-electron chi connectivity index (χ2n) is 6.73. The van der Waals surface area contributed by atoms with Gasteiger partial charge in [-0.1, -0.05) is 18.2 Å². The molecular formula is C20H23ClN2O6. The molecule has 0 aromatic heterocycles. The van der Waals surface area contributed by atoms with Crippen molar-refractivity contribution in [3.05, 3.63) is 62.5 Å². The molecule has 1 unspecified atom stereocenters. The van der Waals surface area contributed by atoms with E-state index >= 15 is 0 Å². The molecule has 0 amide bonds. The molecule has 156 valence electrons. The maximum atomic E-state index is 12.9. The van der Waals surface area contributed by atoms with Gasteiger partial charge in [0.25, 0.3) is 5.69 Å². The van der Waals surface area contributed by atoms with Crippen LogP contribution in [0.1, 0.15) is 39.2 Å². The summed E-state index contributed by atoms with van der Waals surface area (Å²) in [6.07, 6.45) is -0.409. The van der Waals surface area contributed by atoms with Crippen molar-refractivity contribution in [2.45, 2.75) is 39.7 Å². The minimum Gasteiger partial charge on any atom is -0.461 e. The molecule has 9 heteroatoms. The molecule has 1 aliphatic rings. The molecule has 8 nitrogen and oxygen atoms in total. The number of carbonyl (C=O) groups excluding carboxylic acids is 2. The van der Waals surface area contributed by atoms with E-state index in [1.807, 2.05) is 0 Å².